The van der Waals surface area contributed by atoms with Crippen LogP contribution in [-0.2, 0) is 10.0 Å². The summed E-state index contributed by atoms with van der Waals surface area (Å²) in [4.78, 5) is 3.08. The first-order valence-corrected chi connectivity index (χ1v) is 11.4. The first-order chi connectivity index (χ1) is 13.0. The highest BCUT2D eigenvalue weighted by Gasteiger charge is 2.35. The molecule has 0 amide bonds. The number of hydrogen-bond donors (Lipinski definition) is 1. The molecule has 1 heterocycles. The maximum Gasteiger partial charge on any atom is 0.240 e. The first kappa shape index (κ1) is 20.1. The molecule has 1 N–H and O–H groups in total. The standard InChI is InChI=1S/C19H23FN2O3S2/c1-26-19-10-6-5-9-18(19)25-12-11-22-13-16(20)17(14-22)21-27(23,24)15-7-3-2-4-8-15/h2-10,16-17,21H,11-14H2,1H3. The van der Waals surface area contributed by atoms with Gasteiger partial charge in [-0.1, -0.05) is 30.3 Å². The molecular weight excluding hydrogens is 387 g/mol. The van der Waals surface area contributed by atoms with Crippen molar-refractivity contribution in [1.29, 1.82) is 0 Å². The van der Waals surface area contributed by atoms with Crippen molar-refractivity contribution < 1.29 is 17.5 Å². The number of halogens is 1. The van der Waals surface area contributed by atoms with Gasteiger partial charge < -0.3 is 4.74 Å². The highest BCUT2D eigenvalue weighted by atomic mass is 32.2. The zero-order valence-corrected chi connectivity index (χ0v) is 16.7. The molecule has 2 atom stereocenters. The number of nitrogens with one attached hydrogen (secondary N) is 1. The molecule has 0 aliphatic carbocycles. The summed E-state index contributed by atoms with van der Waals surface area (Å²) in [6, 6.07) is 15.0. The average Bonchev–Trinajstić information content (AvgIpc) is 3.01. The average molecular weight is 411 g/mol. The molecule has 0 saturated carbocycles. The summed E-state index contributed by atoms with van der Waals surface area (Å²) >= 11 is 1.61. The second-order valence-electron chi connectivity index (χ2n) is 6.32. The molecule has 0 radical (unpaired) electrons. The smallest absolute Gasteiger partial charge is 0.240 e. The number of ether oxygens (including phenoxy) is 1. The number of thioether (sulfide) groups is 1. The van der Waals surface area contributed by atoms with E-state index in [1.54, 1.807) is 30.0 Å². The highest BCUT2D eigenvalue weighted by molar-refractivity contribution is 7.98. The molecule has 8 heteroatoms. The summed E-state index contributed by atoms with van der Waals surface area (Å²) in [5, 5.41) is 0. The third-order valence-electron chi connectivity index (χ3n) is 4.42. The molecule has 0 spiro atoms. The maximum absolute atomic E-state index is 14.3. The van der Waals surface area contributed by atoms with Crippen molar-refractivity contribution in [3.8, 4) is 5.75 Å². The van der Waals surface area contributed by atoms with Crippen molar-refractivity contribution in [3.05, 3.63) is 54.6 Å². The number of rotatable bonds is 8. The second-order valence-corrected chi connectivity index (χ2v) is 8.88. The topological polar surface area (TPSA) is 58.6 Å². The molecule has 1 aliphatic rings. The van der Waals surface area contributed by atoms with E-state index >= 15 is 0 Å². The highest BCUT2D eigenvalue weighted by Crippen LogP contribution is 2.27. The summed E-state index contributed by atoms with van der Waals surface area (Å²) in [6.45, 7) is 1.46. The molecule has 1 saturated heterocycles. The Morgan fingerprint density at radius 3 is 2.59 bits per heavy atom. The van der Waals surface area contributed by atoms with Gasteiger partial charge in [0.15, 0.2) is 0 Å². The second kappa shape index (κ2) is 9.05. The van der Waals surface area contributed by atoms with Crippen molar-refractivity contribution in [1.82, 2.24) is 9.62 Å². The molecule has 0 bridgehead atoms. The minimum absolute atomic E-state index is 0.146. The van der Waals surface area contributed by atoms with Gasteiger partial charge in [0.05, 0.1) is 10.9 Å². The predicted molar refractivity (Wildman–Crippen MR) is 106 cm³/mol. The van der Waals surface area contributed by atoms with Crippen LogP contribution >= 0.6 is 11.8 Å². The lowest BCUT2D eigenvalue weighted by molar-refractivity contribution is 0.222. The Morgan fingerprint density at radius 2 is 1.85 bits per heavy atom. The van der Waals surface area contributed by atoms with E-state index in [-0.39, 0.29) is 11.4 Å². The Labute approximate surface area is 164 Å². The third kappa shape index (κ3) is 5.22. The lowest BCUT2D eigenvalue weighted by Crippen LogP contribution is -2.41. The Kier molecular flexibility index (Phi) is 6.75. The van der Waals surface area contributed by atoms with E-state index in [1.165, 1.54) is 12.1 Å². The molecule has 0 aromatic heterocycles. The number of hydrogen-bond acceptors (Lipinski definition) is 5. The number of likely N-dealkylation sites (tertiary alicyclic amines) is 1. The van der Waals surface area contributed by atoms with Crippen LogP contribution in [0.25, 0.3) is 0 Å². The van der Waals surface area contributed by atoms with Crippen LogP contribution in [0.3, 0.4) is 0 Å². The summed E-state index contributed by atoms with van der Waals surface area (Å²) in [7, 11) is -3.72. The minimum atomic E-state index is -3.72. The molecule has 5 nitrogen and oxygen atoms in total. The van der Waals surface area contributed by atoms with Gasteiger partial charge in [-0.25, -0.2) is 17.5 Å². The molecular formula is C19H23FN2O3S2. The van der Waals surface area contributed by atoms with Gasteiger partial charge >= 0.3 is 0 Å². The maximum atomic E-state index is 14.3. The molecule has 2 aromatic carbocycles. The molecule has 2 unspecified atom stereocenters. The largest absolute Gasteiger partial charge is 0.491 e. The van der Waals surface area contributed by atoms with Crippen LogP contribution < -0.4 is 9.46 Å². The third-order valence-corrected chi connectivity index (χ3v) is 6.70. The Balaban J connectivity index is 1.52. The molecule has 27 heavy (non-hydrogen) atoms. The number of para-hydroxylation sites is 1. The van der Waals surface area contributed by atoms with E-state index in [9.17, 15) is 12.8 Å². The minimum Gasteiger partial charge on any atom is -0.491 e. The molecule has 2 aromatic rings. The van der Waals surface area contributed by atoms with E-state index < -0.39 is 22.2 Å². The Morgan fingerprint density at radius 1 is 1.15 bits per heavy atom. The summed E-state index contributed by atoms with van der Waals surface area (Å²) in [5.74, 6) is 0.808. The zero-order valence-electron chi connectivity index (χ0n) is 15.0. The Hall–Kier alpha value is -1.61. The van der Waals surface area contributed by atoms with Crippen LogP contribution in [0.1, 0.15) is 0 Å². The number of sulfonamides is 1. The SMILES string of the molecule is CSc1ccccc1OCCN1CC(F)C(NS(=O)(=O)c2ccccc2)C1. The van der Waals surface area contributed by atoms with Crippen molar-refractivity contribution in [2.75, 3.05) is 32.5 Å². The predicted octanol–water partition coefficient (Wildman–Crippen LogP) is 2.79. The fourth-order valence-corrected chi connectivity index (χ4v) is 4.84. The van der Waals surface area contributed by atoms with Gasteiger partial charge in [0.25, 0.3) is 0 Å². The summed E-state index contributed by atoms with van der Waals surface area (Å²) in [5.41, 5.74) is 0. The van der Waals surface area contributed by atoms with Gasteiger partial charge in [-0.05, 0) is 30.5 Å². The number of nitrogens with zero attached hydrogens (tertiary/aromatic N) is 1. The summed E-state index contributed by atoms with van der Waals surface area (Å²) in [6.07, 6.45) is 0.738. The van der Waals surface area contributed by atoms with Gasteiger partial charge in [0, 0.05) is 24.5 Å². The van der Waals surface area contributed by atoms with Gasteiger partial charge in [-0.15, -0.1) is 11.8 Å². The van der Waals surface area contributed by atoms with E-state index in [0.29, 0.717) is 19.7 Å². The lowest BCUT2D eigenvalue weighted by Gasteiger charge is -2.17. The van der Waals surface area contributed by atoms with Gasteiger partial charge in [-0.3, -0.25) is 4.90 Å². The summed E-state index contributed by atoms with van der Waals surface area (Å²) < 4.78 is 47.4. The molecule has 146 valence electrons. The van der Waals surface area contributed by atoms with Crippen molar-refractivity contribution >= 4 is 21.8 Å². The van der Waals surface area contributed by atoms with Crippen molar-refractivity contribution in [2.45, 2.75) is 22.0 Å². The van der Waals surface area contributed by atoms with Crippen LogP contribution in [0.2, 0.25) is 0 Å². The fourth-order valence-electron chi connectivity index (χ4n) is 3.02. The monoisotopic (exact) mass is 410 g/mol. The van der Waals surface area contributed by atoms with E-state index in [2.05, 4.69) is 4.72 Å². The van der Waals surface area contributed by atoms with Crippen molar-refractivity contribution in [3.63, 3.8) is 0 Å². The van der Waals surface area contributed by atoms with Crippen LogP contribution in [0.4, 0.5) is 4.39 Å². The fraction of sp³-hybridized carbons (Fsp3) is 0.368. The van der Waals surface area contributed by atoms with Crippen LogP contribution in [0.15, 0.2) is 64.4 Å². The van der Waals surface area contributed by atoms with Gasteiger partial charge in [-0.2, -0.15) is 0 Å². The Bertz CT molecular complexity index is 849. The number of alkyl halides is 1. The normalized spacial score (nSPS) is 20.7. The number of benzene rings is 2. The van der Waals surface area contributed by atoms with Gasteiger partial charge in [0.2, 0.25) is 10.0 Å². The van der Waals surface area contributed by atoms with Crippen LogP contribution in [0.5, 0.6) is 5.75 Å². The van der Waals surface area contributed by atoms with E-state index in [4.69, 9.17) is 4.74 Å². The first-order valence-electron chi connectivity index (χ1n) is 8.69. The quantitative estimate of drug-likeness (QED) is 0.678. The van der Waals surface area contributed by atoms with Gasteiger partial charge in [0.1, 0.15) is 18.5 Å². The van der Waals surface area contributed by atoms with Crippen molar-refractivity contribution in [2.24, 2.45) is 0 Å². The van der Waals surface area contributed by atoms with Crippen LogP contribution in [0, 0.1) is 0 Å². The van der Waals surface area contributed by atoms with E-state index in [0.717, 1.165) is 10.6 Å². The molecule has 1 aliphatic heterocycles. The lowest BCUT2D eigenvalue weighted by atomic mass is 10.2. The molecule has 1 fully saturated rings. The van der Waals surface area contributed by atoms with E-state index in [1.807, 2.05) is 35.4 Å². The zero-order chi connectivity index (χ0) is 19.3. The van der Waals surface area contributed by atoms with Crippen LogP contribution in [-0.4, -0.2) is 58.0 Å². The molecule has 3 rings (SSSR count).